The summed E-state index contributed by atoms with van der Waals surface area (Å²) >= 11 is 5.85. The first-order chi connectivity index (χ1) is 4.19. The van der Waals surface area contributed by atoms with Crippen LogP contribution in [0.5, 0.6) is 0 Å². The molecule has 0 aromatic rings. The minimum atomic E-state index is -4.83. The third kappa shape index (κ3) is 1.72. The molecule has 0 aliphatic rings. The van der Waals surface area contributed by atoms with Gasteiger partial charge in [0.05, 0.1) is 0 Å². The van der Waals surface area contributed by atoms with Gasteiger partial charge in [-0.3, -0.25) is 4.79 Å². The fourth-order valence-electron chi connectivity index (χ4n) is 0.140. The molecular weight excluding hydrogens is 187 g/mol. The second kappa shape index (κ2) is 2.54. The number of thiol groups is 2. The van der Waals surface area contributed by atoms with Gasteiger partial charge in [0.1, 0.15) is 0 Å². The van der Waals surface area contributed by atoms with Crippen LogP contribution in [0.2, 0.25) is 0 Å². The summed E-state index contributed by atoms with van der Waals surface area (Å²) < 4.78 is 31.9. The van der Waals surface area contributed by atoms with Gasteiger partial charge >= 0.3 is 6.18 Å². The molecule has 0 unspecified atom stereocenters. The Bertz CT molecular complexity index is 154. The maximum absolute atomic E-state index is 11.6. The minimum Gasteiger partial charge on any atom is -0.367 e. The molecule has 0 heterocycles. The number of carbonyl (C=O) groups excluding carboxylic acids is 1. The molecule has 0 spiro atoms. The number of nitrogens with two attached hydrogens (primary N) is 1. The van der Waals surface area contributed by atoms with Gasteiger partial charge in [-0.2, -0.15) is 13.2 Å². The molecule has 7 heteroatoms. The highest BCUT2D eigenvalue weighted by Crippen LogP contribution is 2.38. The van der Waals surface area contributed by atoms with Gasteiger partial charge in [0, 0.05) is 0 Å². The first-order valence-electron chi connectivity index (χ1n) is 2.01. The van der Waals surface area contributed by atoms with Crippen molar-refractivity contribution in [1.82, 2.24) is 0 Å². The fraction of sp³-hybridized carbons (Fsp3) is 0.667. The van der Waals surface area contributed by atoms with Crippen molar-refractivity contribution in [2.24, 2.45) is 5.73 Å². The van der Waals surface area contributed by atoms with Gasteiger partial charge in [-0.25, -0.2) is 0 Å². The first-order valence-corrected chi connectivity index (χ1v) is 2.90. The number of carbonyl (C=O) groups is 1. The van der Waals surface area contributed by atoms with E-state index in [-0.39, 0.29) is 0 Å². The van der Waals surface area contributed by atoms with Crippen molar-refractivity contribution in [3.05, 3.63) is 0 Å². The van der Waals surface area contributed by atoms with Crippen molar-refractivity contribution in [2.45, 2.75) is 10.3 Å². The number of halogens is 3. The molecule has 1 amide bonds. The maximum Gasteiger partial charge on any atom is 0.420 e. The number of alkyl halides is 3. The quantitative estimate of drug-likeness (QED) is 0.412. The molecule has 0 saturated heterocycles. The van der Waals surface area contributed by atoms with E-state index < -0.39 is 16.2 Å². The summed E-state index contributed by atoms with van der Waals surface area (Å²) in [5.41, 5.74) is 4.34. The molecule has 0 saturated carbocycles. The molecule has 0 fully saturated rings. The lowest BCUT2D eigenvalue weighted by molar-refractivity contribution is -0.152. The maximum atomic E-state index is 11.6. The van der Waals surface area contributed by atoms with E-state index in [9.17, 15) is 18.0 Å². The zero-order valence-electron chi connectivity index (χ0n) is 4.51. The molecule has 0 aliphatic carbocycles. The number of rotatable bonds is 1. The van der Waals surface area contributed by atoms with Crippen LogP contribution in [0.4, 0.5) is 13.2 Å². The summed E-state index contributed by atoms with van der Waals surface area (Å²) in [5.74, 6) is -1.63. The van der Waals surface area contributed by atoms with Crippen LogP contribution in [-0.2, 0) is 4.79 Å². The Kier molecular flexibility index (Phi) is 2.53. The molecule has 60 valence electrons. The SMILES string of the molecule is NC(=O)C(S)(S)C(F)(F)F. The number of hydrogen-bond acceptors (Lipinski definition) is 3. The molecule has 10 heavy (non-hydrogen) atoms. The Hall–Kier alpha value is -0.0400. The van der Waals surface area contributed by atoms with E-state index in [1.54, 1.807) is 0 Å². The lowest BCUT2D eigenvalue weighted by Gasteiger charge is -2.21. The highest BCUT2D eigenvalue weighted by Gasteiger charge is 2.54. The Morgan fingerprint density at radius 2 is 1.60 bits per heavy atom. The summed E-state index contributed by atoms with van der Waals surface area (Å²) in [6, 6.07) is 0. The van der Waals surface area contributed by atoms with Crippen molar-refractivity contribution in [3.63, 3.8) is 0 Å². The van der Waals surface area contributed by atoms with Crippen LogP contribution < -0.4 is 5.73 Å². The molecule has 0 aliphatic heterocycles. The zero-order chi connectivity index (χ0) is 8.58. The Balaban J connectivity index is 4.57. The summed E-state index contributed by atoms with van der Waals surface area (Å²) in [6.45, 7) is 0. The Labute approximate surface area is 65.8 Å². The lowest BCUT2D eigenvalue weighted by Crippen LogP contribution is -2.46. The lowest BCUT2D eigenvalue weighted by atomic mass is 10.4. The van der Waals surface area contributed by atoms with Crippen LogP contribution in [0.15, 0.2) is 0 Å². The zero-order valence-corrected chi connectivity index (χ0v) is 6.30. The van der Waals surface area contributed by atoms with E-state index in [2.05, 4.69) is 31.0 Å². The number of amides is 1. The van der Waals surface area contributed by atoms with Gasteiger partial charge < -0.3 is 5.73 Å². The van der Waals surface area contributed by atoms with Crippen molar-refractivity contribution in [2.75, 3.05) is 0 Å². The summed E-state index contributed by atoms with van der Waals surface area (Å²) in [6.07, 6.45) is -4.83. The number of primary amides is 1. The Morgan fingerprint density at radius 3 is 1.60 bits per heavy atom. The topological polar surface area (TPSA) is 43.1 Å². The van der Waals surface area contributed by atoms with E-state index >= 15 is 0 Å². The molecule has 0 bridgehead atoms. The van der Waals surface area contributed by atoms with Crippen LogP contribution in [0.3, 0.4) is 0 Å². The van der Waals surface area contributed by atoms with E-state index in [1.165, 1.54) is 0 Å². The number of hydrogen-bond donors (Lipinski definition) is 3. The van der Waals surface area contributed by atoms with Crippen LogP contribution in [0.1, 0.15) is 0 Å². The van der Waals surface area contributed by atoms with Gasteiger partial charge in [0.25, 0.3) is 5.91 Å². The highest BCUT2D eigenvalue weighted by molar-refractivity contribution is 8.02. The molecule has 0 rings (SSSR count). The molecule has 0 atom stereocenters. The largest absolute Gasteiger partial charge is 0.420 e. The van der Waals surface area contributed by atoms with Crippen molar-refractivity contribution in [3.8, 4) is 0 Å². The summed E-state index contributed by atoms with van der Waals surface area (Å²) in [7, 11) is 0. The molecule has 0 radical (unpaired) electrons. The van der Waals surface area contributed by atoms with Gasteiger partial charge in [-0.15, -0.1) is 25.3 Å². The molecule has 0 aromatic carbocycles. The minimum absolute atomic E-state index is 1.63. The first kappa shape index (κ1) is 9.96. The van der Waals surface area contributed by atoms with Crippen molar-refractivity contribution in [1.29, 1.82) is 0 Å². The predicted molar refractivity (Wildman–Crippen MR) is 36.0 cm³/mol. The highest BCUT2D eigenvalue weighted by atomic mass is 32.2. The van der Waals surface area contributed by atoms with E-state index in [4.69, 9.17) is 0 Å². The third-order valence-electron chi connectivity index (χ3n) is 0.739. The van der Waals surface area contributed by atoms with E-state index in [1.807, 2.05) is 0 Å². The van der Waals surface area contributed by atoms with Crippen molar-refractivity contribution >= 4 is 31.2 Å². The van der Waals surface area contributed by atoms with Gasteiger partial charge in [-0.1, -0.05) is 0 Å². The normalized spacial score (nSPS) is 13.3. The molecular formula is C3H4F3NOS2. The van der Waals surface area contributed by atoms with E-state index in [0.717, 1.165) is 0 Å². The smallest absolute Gasteiger partial charge is 0.367 e. The average Bonchev–Trinajstić information content (AvgIpc) is 1.62. The fourth-order valence-corrected chi connectivity index (χ4v) is 0.140. The van der Waals surface area contributed by atoms with Crippen LogP contribution in [0, 0.1) is 0 Å². The van der Waals surface area contributed by atoms with E-state index in [0.29, 0.717) is 0 Å². The predicted octanol–water partition coefficient (Wildman–Crippen LogP) is 0.590. The monoisotopic (exact) mass is 191 g/mol. The average molecular weight is 191 g/mol. The van der Waals surface area contributed by atoms with Gasteiger partial charge in [0.2, 0.25) is 4.08 Å². The standard InChI is InChI=1S/C3H4F3NOS2/c4-3(5,6)2(9,10)1(7)8/h9-10H,(H2,7,8). The second-order valence-corrected chi connectivity index (χ2v) is 3.23. The van der Waals surface area contributed by atoms with Gasteiger partial charge in [-0.05, 0) is 0 Å². The summed E-state index contributed by atoms with van der Waals surface area (Å²) in [4.78, 5) is 10.0. The summed E-state index contributed by atoms with van der Waals surface area (Å²) in [5, 5.41) is 0. The Morgan fingerprint density at radius 1 is 1.30 bits per heavy atom. The van der Waals surface area contributed by atoms with Crippen molar-refractivity contribution < 1.29 is 18.0 Å². The van der Waals surface area contributed by atoms with Crippen LogP contribution in [-0.4, -0.2) is 16.2 Å². The second-order valence-electron chi connectivity index (χ2n) is 1.53. The molecule has 2 N–H and O–H groups in total. The van der Waals surface area contributed by atoms with Crippen LogP contribution in [0.25, 0.3) is 0 Å². The third-order valence-corrected chi connectivity index (χ3v) is 1.69. The molecule has 0 aromatic heterocycles. The molecule has 2 nitrogen and oxygen atoms in total. The van der Waals surface area contributed by atoms with Gasteiger partial charge in [0.15, 0.2) is 0 Å². The van der Waals surface area contributed by atoms with Crippen LogP contribution >= 0.6 is 25.3 Å².